The molecule has 0 aliphatic heterocycles. The van der Waals surface area contributed by atoms with Crippen LogP contribution in [0.25, 0.3) is 21.0 Å². The van der Waals surface area contributed by atoms with E-state index in [4.69, 9.17) is 22.3 Å². The third kappa shape index (κ3) is 5.55. The van der Waals surface area contributed by atoms with Crippen LogP contribution in [0.5, 0.6) is 0 Å². The summed E-state index contributed by atoms with van der Waals surface area (Å²) < 4.78 is 0.765. The molecule has 0 spiro atoms. The lowest BCUT2D eigenvalue weighted by Gasteiger charge is -2.21. The molecule has 8 nitrogen and oxygen atoms in total. The van der Waals surface area contributed by atoms with Crippen molar-refractivity contribution in [3.8, 4) is 0 Å². The van der Waals surface area contributed by atoms with Gasteiger partial charge in [0.05, 0.1) is 22.5 Å². The maximum Gasteiger partial charge on any atom is 0.294 e. The number of hydrogen-bond donors (Lipinski definition) is 3. The summed E-state index contributed by atoms with van der Waals surface area (Å²) in [4.78, 5) is 28.7. The lowest BCUT2D eigenvalue weighted by Crippen LogP contribution is -2.23. The molecule has 2 aromatic carbocycles. The number of nitrogens with two attached hydrogens (primary N) is 1. The number of nitrogens with one attached hydrogen (secondary N) is 2. The molecule has 10 heteroatoms. The zero-order valence-corrected chi connectivity index (χ0v) is 22.7. The quantitative estimate of drug-likeness (QED) is 0.203. The van der Waals surface area contributed by atoms with Gasteiger partial charge in [-0.15, -0.1) is 11.3 Å². The number of amides is 1. The minimum Gasteiger partial charge on any atom is -0.382 e. The van der Waals surface area contributed by atoms with Crippen LogP contribution in [0.3, 0.4) is 0 Å². The first-order valence-electron chi connectivity index (χ1n) is 12.4. The summed E-state index contributed by atoms with van der Waals surface area (Å²) in [5.74, 6) is 0.239. The van der Waals surface area contributed by atoms with Crippen molar-refractivity contribution in [2.45, 2.75) is 26.9 Å². The molecule has 1 amide bonds. The van der Waals surface area contributed by atoms with Crippen molar-refractivity contribution in [1.29, 1.82) is 0 Å². The van der Waals surface area contributed by atoms with Gasteiger partial charge >= 0.3 is 0 Å². The SMILES string of the molecule is CCN(CC)Cc1cc(Cl)ccc1NCc1nc(NC(=O)c2nc(N)c3sccc3n2)cc2ccccc12. The highest BCUT2D eigenvalue weighted by atomic mass is 35.5. The topological polar surface area (TPSA) is 109 Å². The van der Waals surface area contributed by atoms with Crippen LogP contribution >= 0.6 is 22.9 Å². The normalized spacial score (nSPS) is 11.4. The largest absolute Gasteiger partial charge is 0.382 e. The molecular weight excluding hydrogens is 518 g/mol. The molecule has 0 radical (unpaired) electrons. The fourth-order valence-electron chi connectivity index (χ4n) is 4.36. The Hall–Kier alpha value is -3.79. The van der Waals surface area contributed by atoms with Gasteiger partial charge in [0, 0.05) is 22.6 Å². The lowest BCUT2D eigenvalue weighted by molar-refractivity contribution is 0.101. The molecular formula is C28H28ClN7OS. The third-order valence-corrected chi connectivity index (χ3v) is 7.56. The van der Waals surface area contributed by atoms with Crippen molar-refractivity contribution in [2.75, 3.05) is 29.5 Å². The number of benzene rings is 2. The van der Waals surface area contributed by atoms with E-state index in [2.05, 4.69) is 39.3 Å². The van der Waals surface area contributed by atoms with E-state index in [0.717, 1.165) is 52.1 Å². The Morgan fingerprint density at radius 3 is 2.68 bits per heavy atom. The van der Waals surface area contributed by atoms with Gasteiger partial charge in [-0.2, -0.15) is 0 Å². The first-order valence-corrected chi connectivity index (χ1v) is 13.7. The summed E-state index contributed by atoms with van der Waals surface area (Å²) in [7, 11) is 0. The Balaban J connectivity index is 1.42. The number of rotatable bonds is 9. The molecule has 0 fully saturated rings. The number of anilines is 3. The van der Waals surface area contributed by atoms with Gasteiger partial charge in [-0.3, -0.25) is 9.69 Å². The van der Waals surface area contributed by atoms with E-state index in [-0.39, 0.29) is 11.6 Å². The standard InChI is InChI=1S/C28H28ClN7OS/c1-3-36(4-2)16-18-13-19(29)9-10-21(18)31-15-23-20-8-6-5-7-17(20)14-24(32-23)34-28(37)27-33-22-11-12-38-25(22)26(30)35-27/h5-14,31H,3-4,15-16H2,1-2H3,(H2,30,33,35)(H,32,34,37). The summed E-state index contributed by atoms with van der Waals surface area (Å²) in [6, 6.07) is 17.5. The van der Waals surface area contributed by atoms with Gasteiger partial charge < -0.3 is 16.4 Å². The van der Waals surface area contributed by atoms with Gasteiger partial charge in [0.25, 0.3) is 5.91 Å². The van der Waals surface area contributed by atoms with Crippen LogP contribution in [0.4, 0.5) is 17.3 Å². The molecule has 3 aromatic heterocycles. The predicted molar refractivity (Wildman–Crippen MR) is 157 cm³/mol. The Morgan fingerprint density at radius 1 is 1.05 bits per heavy atom. The molecule has 0 aliphatic carbocycles. The van der Waals surface area contributed by atoms with E-state index in [1.807, 2.05) is 60.0 Å². The van der Waals surface area contributed by atoms with Crippen LogP contribution in [0, 0.1) is 0 Å². The Morgan fingerprint density at radius 2 is 1.87 bits per heavy atom. The second-order valence-electron chi connectivity index (χ2n) is 8.81. The number of carbonyl (C=O) groups is 1. The zero-order chi connectivity index (χ0) is 26.6. The highest BCUT2D eigenvalue weighted by Gasteiger charge is 2.16. The monoisotopic (exact) mass is 545 g/mol. The fraction of sp³-hybridized carbons (Fsp3) is 0.214. The predicted octanol–water partition coefficient (Wildman–Crippen LogP) is 6.18. The molecule has 0 aliphatic rings. The number of halogens is 1. The first-order chi connectivity index (χ1) is 18.4. The lowest BCUT2D eigenvalue weighted by atomic mass is 10.1. The highest BCUT2D eigenvalue weighted by Crippen LogP contribution is 2.27. The zero-order valence-electron chi connectivity index (χ0n) is 21.2. The van der Waals surface area contributed by atoms with Crippen molar-refractivity contribution in [3.63, 3.8) is 0 Å². The molecule has 3 heterocycles. The van der Waals surface area contributed by atoms with E-state index in [9.17, 15) is 4.79 Å². The molecule has 5 rings (SSSR count). The number of pyridine rings is 1. The van der Waals surface area contributed by atoms with Crippen LogP contribution in [-0.4, -0.2) is 38.8 Å². The van der Waals surface area contributed by atoms with Gasteiger partial charge in [0.1, 0.15) is 11.6 Å². The second kappa shape index (κ2) is 11.3. The second-order valence-corrected chi connectivity index (χ2v) is 10.2. The average molecular weight is 546 g/mol. The molecule has 194 valence electrons. The molecule has 38 heavy (non-hydrogen) atoms. The van der Waals surface area contributed by atoms with E-state index >= 15 is 0 Å². The van der Waals surface area contributed by atoms with Gasteiger partial charge in [0.15, 0.2) is 0 Å². The van der Waals surface area contributed by atoms with Gasteiger partial charge in [-0.25, -0.2) is 15.0 Å². The average Bonchev–Trinajstić information content (AvgIpc) is 3.40. The molecule has 0 saturated heterocycles. The third-order valence-electron chi connectivity index (χ3n) is 6.40. The number of hydrogen-bond acceptors (Lipinski definition) is 8. The number of carbonyl (C=O) groups excluding carboxylic acids is 1. The Kier molecular flexibility index (Phi) is 7.69. The fourth-order valence-corrected chi connectivity index (χ4v) is 5.29. The van der Waals surface area contributed by atoms with Crippen LogP contribution in [0.2, 0.25) is 5.02 Å². The van der Waals surface area contributed by atoms with E-state index < -0.39 is 5.91 Å². The minimum absolute atomic E-state index is 0.00485. The van der Waals surface area contributed by atoms with Crippen molar-refractivity contribution < 1.29 is 4.79 Å². The van der Waals surface area contributed by atoms with Crippen molar-refractivity contribution in [3.05, 3.63) is 82.1 Å². The number of thiophene rings is 1. The highest BCUT2D eigenvalue weighted by molar-refractivity contribution is 7.17. The Bertz CT molecular complexity index is 1620. The summed E-state index contributed by atoms with van der Waals surface area (Å²) in [6.07, 6.45) is 0. The first kappa shape index (κ1) is 25.8. The molecule has 4 N–H and O–H groups in total. The minimum atomic E-state index is -0.467. The van der Waals surface area contributed by atoms with Crippen LogP contribution in [0.1, 0.15) is 35.7 Å². The number of aromatic nitrogens is 3. The van der Waals surface area contributed by atoms with Gasteiger partial charge in [-0.05, 0) is 59.8 Å². The number of nitrogen functional groups attached to an aromatic ring is 1. The maximum atomic E-state index is 13.0. The molecule has 5 aromatic rings. The molecule has 0 atom stereocenters. The summed E-state index contributed by atoms with van der Waals surface area (Å²) in [5.41, 5.74) is 9.60. The summed E-state index contributed by atoms with van der Waals surface area (Å²) in [5, 5.41) is 10.9. The van der Waals surface area contributed by atoms with Crippen LogP contribution < -0.4 is 16.4 Å². The smallest absolute Gasteiger partial charge is 0.294 e. The van der Waals surface area contributed by atoms with Gasteiger partial charge in [0.2, 0.25) is 5.82 Å². The summed E-state index contributed by atoms with van der Waals surface area (Å²) >= 11 is 7.76. The van der Waals surface area contributed by atoms with Crippen molar-refractivity contribution >= 4 is 67.2 Å². The van der Waals surface area contributed by atoms with E-state index in [0.29, 0.717) is 22.9 Å². The van der Waals surface area contributed by atoms with Crippen LogP contribution in [-0.2, 0) is 13.1 Å². The molecule has 0 unspecified atom stereocenters. The van der Waals surface area contributed by atoms with Crippen molar-refractivity contribution in [2.24, 2.45) is 0 Å². The van der Waals surface area contributed by atoms with E-state index in [1.54, 1.807) is 0 Å². The number of nitrogens with zero attached hydrogens (tertiary/aromatic N) is 4. The molecule has 0 saturated carbocycles. The summed E-state index contributed by atoms with van der Waals surface area (Å²) in [6.45, 7) is 7.44. The Labute approximate surface area is 229 Å². The maximum absolute atomic E-state index is 13.0. The van der Waals surface area contributed by atoms with Gasteiger partial charge in [-0.1, -0.05) is 49.7 Å². The number of fused-ring (bicyclic) bond motifs is 2. The molecule has 0 bridgehead atoms. The van der Waals surface area contributed by atoms with E-state index in [1.165, 1.54) is 11.3 Å². The van der Waals surface area contributed by atoms with Crippen molar-refractivity contribution in [1.82, 2.24) is 19.9 Å². The van der Waals surface area contributed by atoms with Crippen LogP contribution in [0.15, 0.2) is 60.0 Å².